The normalized spacial score (nSPS) is 14.7. The van der Waals surface area contributed by atoms with Gasteiger partial charge in [-0.25, -0.2) is 0 Å². The van der Waals surface area contributed by atoms with Gasteiger partial charge in [-0.1, -0.05) is 29.4 Å². The lowest BCUT2D eigenvalue weighted by Gasteiger charge is -2.21. The summed E-state index contributed by atoms with van der Waals surface area (Å²) in [6.07, 6.45) is 1.27. The molecule has 1 aromatic heterocycles. The fraction of sp³-hybridized carbons (Fsp3) is 0.273. The van der Waals surface area contributed by atoms with E-state index in [1.54, 1.807) is 11.8 Å². The molecular weight excluding hydrogens is 420 g/mol. The SMILES string of the molecule is Cc1cc(CSc2ccccc2C(=O)Nc2cccc(C3SCCCS3)c2)on1. The van der Waals surface area contributed by atoms with Crippen molar-refractivity contribution in [2.75, 3.05) is 16.8 Å². The summed E-state index contributed by atoms with van der Waals surface area (Å²) < 4.78 is 5.73. The highest BCUT2D eigenvalue weighted by Crippen LogP contribution is 2.44. The molecule has 0 saturated carbocycles. The number of anilines is 1. The van der Waals surface area contributed by atoms with Crippen LogP contribution in [0, 0.1) is 6.92 Å². The fourth-order valence-electron chi connectivity index (χ4n) is 3.05. The average Bonchev–Trinajstić information content (AvgIpc) is 3.18. The molecule has 0 spiro atoms. The minimum Gasteiger partial charge on any atom is -0.360 e. The maximum atomic E-state index is 13.0. The topological polar surface area (TPSA) is 55.1 Å². The van der Waals surface area contributed by atoms with Gasteiger partial charge in [-0.2, -0.15) is 0 Å². The molecule has 4 rings (SSSR count). The first-order chi connectivity index (χ1) is 14.2. The van der Waals surface area contributed by atoms with Crippen LogP contribution < -0.4 is 5.32 Å². The molecule has 2 heterocycles. The van der Waals surface area contributed by atoms with Crippen molar-refractivity contribution in [3.05, 3.63) is 77.2 Å². The molecule has 1 fully saturated rings. The van der Waals surface area contributed by atoms with Gasteiger partial charge in [0.25, 0.3) is 5.91 Å². The zero-order valence-electron chi connectivity index (χ0n) is 16.1. The van der Waals surface area contributed by atoms with E-state index in [9.17, 15) is 4.79 Å². The Bertz CT molecular complexity index is 983. The minimum absolute atomic E-state index is 0.0945. The quantitative estimate of drug-likeness (QED) is 0.446. The Kier molecular flexibility index (Phi) is 6.90. The van der Waals surface area contributed by atoms with Crippen LogP contribution in [0.2, 0.25) is 0 Å². The summed E-state index contributed by atoms with van der Waals surface area (Å²) in [5.41, 5.74) is 3.63. The third-order valence-electron chi connectivity index (χ3n) is 4.42. The first-order valence-electron chi connectivity index (χ1n) is 9.47. The van der Waals surface area contributed by atoms with Crippen molar-refractivity contribution < 1.29 is 9.32 Å². The molecule has 0 radical (unpaired) electrons. The van der Waals surface area contributed by atoms with Crippen molar-refractivity contribution >= 4 is 46.9 Å². The number of carbonyl (C=O) groups excluding carboxylic acids is 1. The van der Waals surface area contributed by atoms with Crippen LogP contribution in [0.1, 0.15) is 38.4 Å². The van der Waals surface area contributed by atoms with Gasteiger partial charge in [0, 0.05) is 16.6 Å². The van der Waals surface area contributed by atoms with E-state index >= 15 is 0 Å². The summed E-state index contributed by atoms with van der Waals surface area (Å²) in [5, 5.41) is 6.99. The number of hydrogen-bond acceptors (Lipinski definition) is 6. The molecule has 2 aromatic carbocycles. The maximum Gasteiger partial charge on any atom is 0.256 e. The minimum atomic E-state index is -0.0945. The Balaban J connectivity index is 1.46. The zero-order valence-corrected chi connectivity index (χ0v) is 18.5. The fourth-order valence-corrected chi connectivity index (χ4v) is 6.85. The molecule has 0 atom stereocenters. The van der Waals surface area contributed by atoms with E-state index in [4.69, 9.17) is 4.52 Å². The van der Waals surface area contributed by atoms with E-state index < -0.39 is 0 Å². The van der Waals surface area contributed by atoms with Crippen LogP contribution in [-0.2, 0) is 5.75 Å². The van der Waals surface area contributed by atoms with E-state index in [1.807, 2.05) is 72.9 Å². The molecule has 1 amide bonds. The average molecular weight is 443 g/mol. The van der Waals surface area contributed by atoms with Gasteiger partial charge in [-0.15, -0.1) is 35.3 Å². The van der Waals surface area contributed by atoms with E-state index in [1.165, 1.54) is 23.5 Å². The molecule has 1 saturated heterocycles. The molecule has 29 heavy (non-hydrogen) atoms. The van der Waals surface area contributed by atoms with Gasteiger partial charge in [-0.3, -0.25) is 4.79 Å². The van der Waals surface area contributed by atoms with Gasteiger partial charge in [0.15, 0.2) is 0 Å². The molecule has 7 heteroatoms. The van der Waals surface area contributed by atoms with Crippen LogP contribution in [0.25, 0.3) is 0 Å². The summed E-state index contributed by atoms with van der Waals surface area (Å²) in [6, 6.07) is 17.8. The highest BCUT2D eigenvalue weighted by Gasteiger charge is 2.18. The summed E-state index contributed by atoms with van der Waals surface area (Å²) in [7, 11) is 0. The number of aryl methyl sites for hydroxylation is 1. The van der Waals surface area contributed by atoms with E-state index in [0.29, 0.717) is 15.9 Å². The number of rotatable bonds is 6. The second kappa shape index (κ2) is 9.78. The molecule has 150 valence electrons. The van der Waals surface area contributed by atoms with Gasteiger partial charge >= 0.3 is 0 Å². The molecule has 4 nitrogen and oxygen atoms in total. The number of hydrogen-bond donors (Lipinski definition) is 1. The second-order valence-electron chi connectivity index (χ2n) is 6.73. The Morgan fingerprint density at radius 2 is 2.00 bits per heavy atom. The summed E-state index contributed by atoms with van der Waals surface area (Å²) in [6.45, 7) is 1.90. The Hall–Kier alpha value is -1.83. The van der Waals surface area contributed by atoms with Gasteiger partial charge < -0.3 is 9.84 Å². The van der Waals surface area contributed by atoms with Crippen molar-refractivity contribution in [1.82, 2.24) is 5.16 Å². The standard InChI is InChI=1S/C22H22N2O2S3/c1-15-12-18(26-24-15)14-29-20-9-3-2-8-19(20)21(25)23-17-7-4-6-16(13-17)22-27-10-5-11-28-22/h2-4,6-9,12-13,22H,5,10-11,14H2,1H3,(H,23,25). The number of aromatic nitrogens is 1. The smallest absolute Gasteiger partial charge is 0.256 e. The van der Waals surface area contributed by atoms with Crippen molar-refractivity contribution in [3.63, 3.8) is 0 Å². The molecule has 0 bridgehead atoms. The predicted molar refractivity (Wildman–Crippen MR) is 124 cm³/mol. The Labute approximate surface area is 183 Å². The Morgan fingerprint density at radius 1 is 1.17 bits per heavy atom. The first kappa shape index (κ1) is 20.4. The van der Waals surface area contributed by atoms with Gasteiger partial charge in [0.1, 0.15) is 5.76 Å². The van der Waals surface area contributed by atoms with Crippen molar-refractivity contribution in [2.24, 2.45) is 0 Å². The summed E-state index contributed by atoms with van der Waals surface area (Å²) in [4.78, 5) is 13.9. The number of thioether (sulfide) groups is 3. The van der Waals surface area contributed by atoms with Crippen LogP contribution >= 0.6 is 35.3 Å². The van der Waals surface area contributed by atoms with Crippen LogP contribution in [0.15, 0.2) is 64.0 Å². The molecule has 0 unspecified atom stereocenters. The molecule has 3 aromatic rings. The van der Waals surface area contributed by atoms with Crippen molar-refractivity contribution in [1.29, 1.82) is 0 Å². The Morgan fingerprint density at radius 3 is 2.79 bits per heavy atom. The summed E-state index contributed by atoms with van der Waals surface area (Å²) >= 11 is 5.54. The molecule has 1 aliphatic rings. The largest absolute Gasteiger partial charge is 0.360 e. The van der Waals surface area contributed by atoms with E-state index in [2.05, 4.69) is 22.6 Å². The van der Waals surface area contributed by atoms with Crippen LogP contribution in [0.3, 0.4) is 0 Å². The molecule has 0 aliphatic carbocycles. The maximum absolute atomic E-state index is 13.0. The van der Waals surface area contributed by atoms with E-state index in [0.717, 1.165) is 22.0 Å². The number of carbonyl (C=O) groups is 1. The highest BCUT2D eigenvalue weighted by atomic mass is 32.2. The molecular formula is C22H22N2O2S3. The number of benzene rings is 2. The van der Waals surface area contributed by atoms with Crippen molar-refractivity contribution in [3.8, 4) is 0 Å². The lowest BCUT2D eigenvalue weighted by molar-refractivity contribution is 0.102. The second-order valence-corrected chi connectivity index (χ2v) is 10.5. The lowest BCUT2D eigenvalue weighted by Crippen LogP contribution is -2.13. The lowest BCUT2D eigenvalue weighted by atomic mass is 10.2. The predicted octanol–water partition coefficient (Wildman–Crippen LogP) is 6.40. The number of amides is 1. The van der Waals surface area contributed by atoms with Crippen LogP contribution in [0.4, 0.5) is 5.69 Å². The van der Waals surface area contributed by atoms with Gasteiger partial charge in [-0.05, 0) is 54.7 Å². The molecule has 1 aliphatic heterocycles. The molecule has 1 N–H and O–H groups in total. The monoisotopic (exact) mass is 442 g/mol. The van der Waals surface area contributed by atoms with E-state index in [-0.39, 0.29) is 5.91 Å². The van der Waals surface area contributed by atoms with Crippen LogP contribution in [0.5, 0.6) is 0 Å². The van der Waals surface area contributed by atoms with Crippen molar-refractivity contribution in [2.45, 2.75) is 28.6 Å². The number of nitrogens with zero attached hydrogens (tertiary/aromatic N) is 1. The first-order valence-corrected chi connectivity index (χ1v) is 12.6. The number of nitrogens with one attached hydrogen (secondary N) is 1. The third-order valence-corrected chi connectivity index (χ3v) is 8.53. The summed E-state index contributed by atoms with van der Waals surface area (Å²) in [5.74, 6) is 3.74. The zero-order chi connectivity index (χ0) is 20.1. The third kappa shape index (κ3) is 5.41. The van der Waals surface area contributed by atoms with Gasteiger partial charge in [0.2, 0.25) is 0 Å². The van der Waals surface area contributed by atoms with Gasteiger partial charge in [0.05, 0.1) is 21.6 Å². The highest BCUT2D eigenvalue weighted by molar-refractivity contribution is 8.16. The van der Waals surface area contributed by atoms with Crippen LogP contribution in [-0.4, -0.2) is 22.6 Å².